The first-order valence-electron chi connectivity index (χ1n) is 8.21. The molecule has 0 bridgehead atoms. The summed E-state index contributed by atoms with van der Waals surface area (Å²) >= 11 is 0. The van der Waals surface area contributed by atoms with E-state index in [1.165, 1.54) is 6.07 Å². The fourth-order valence-corrected chi connectivity index (χ4v) is 3.15. The summed E-state index contributed by atoms with van der Waals surface area (Å²) in [6, 6.07) is 6.72. The van der Waals surface area contributed by atoms with E-state index in [4.69, 9.17) is 4.74 Å². The number of benzene rings is 1. The molecule has 1 amide bonds. The molecule has 1 aliphatic rings. The maximum atomic E-state index is 14.1. The van der Waals surface area contributed by atoms with Crippen molar-refractivity contribution in [2.75, 3.05) is 20.1 Å². The van der Waals surface area contributed by atoms with Gasteiger partial charge >= 0.3 is 6.09 Å². The van der Waals surface area contributed by atoms with Crippen LogP contribution in [0.1, 0.15) is 45.2 Å². The van der Waals surface area contributed by atoms with Gasteiger partial charge in [0, 0.05) is 24.7 Å². The van der Waals surface area contributed by atoms with Crippen LogP contribution in [0.3, 0.4) is 0 Å². The first-order valence-corrected chi connectivity index (χ1v) is 8.21. The van der Waals surface area contributed by atoms with Crippen LogP contribution in [0.2, 0.25) is 0 Å². The van der Waals surface area contributed by atoms with E-state index in [-0.39, 0.29) is 23.9 Å². The molecule has 1 aliphatic heterocycles. The van der Waals surface area contributed by atoms with Crippen LogP contribution in [0, 0.1) is 11.7 Å². The van der Waals surface area contributed by atoms with Crippen LogP contribution in [-0.4, -0.2) is 36.7 Å². The Hall–Kier alpha value is -1.62. The molecule has 2 atom stereocenters. The first-order chi connectivity index (χ1) is 10.8. The van der Waals surface area contributed by atoms with Gasteiger partial charge in [-0.3, -0.25) is 0 Å². The topological polar surface area (TPSA) is 41.6 Å². The van der Waals surface area contributed by atoms with Gasteiger partial charge in [-0.15, -0.1) is 0 Å². The van der Waals surface area contributed by atoms with Crippen LogP contribution in [0.4, 0.5) is 9.18 Å². The lowest BCUT2D eigenvalue weighted by Crippen LogP contribution is -2.45. The van der Waals surface area contributed by atoms with E-state index in [9.17, 15) is 9.18 Å². The molecule has 128 valence electrons. The summed E-state index contributed by atoms with van der Waals surface area (Å²) in [7, 11) is 1.84. The van der Waals surface area contributed by atoms with Crippen molar-refractivity contribution >= 4 is 6.09 Å². The second-order valence-corrected chi connectivity index (χ2v) is 7.12. The molecule has 2 unspecified atom stereocenters. The van der Waals surface area contributed by atoms with E-state index in [1.807, 2.05) is 40.0 Å². The zero-order chi connectivity index (χ0) is 17.0. The molecule has 5 heteroatoms. The Morgan fingerprint density at radius 3 is 2.70 bits per heavy atom. The number of amides is 1. The van der Waals surface area contributed by atoms with E-state index in [2.05, 4.69) is 5.32 Å². The highest BCUT2D eigenvalue weighted by molar-refractivity contribution is 5.68. The van der Waals surface area contributed by atoms with Gasteiger partial charge in [0.1, 0.15) is 11.4 Å². The molecule has 4 nitrogen and oxygen atoms in total. The highest BCUT2D eigenvalue weighted by Crippen LogP contribution is 2.31. The van der Waals surface area contributed by atoms with Crippen LogP contribution in [-0.2, 0) is 4.74 Å². The lowest BCUT2D eigenvalue weighted by Gasteiger charge is -2.37. The van der Waals surface area contributed by atoms with Crippen molar-refractivity contribution < 1.29 is 13.9 Å². The van der Waals surface area contributed by atoms with E-state index >= 15 is 0 Å². The molecule has 1 N–H and O–H groups in total. The third-order valence-electron chi connectivity index (χ3n) is 4.13. The molecule has 1 fully saturated rings. The molecular formula is C18H27FN2O2. The molecular weight excluding hydrogens is 295 g/mol. The number of likely N-dealkylation sites (tertiary alicyclic amines) is 1. The van der Waals surface area contributed by atoms with Crippen LogP contribution < -0.4 is 5.32 Å². The number of carbonyl (C=O) groups excluding carboxylic acids is 1. The Morgan fingerprint density at radius 2 is 2.09 bits per heavy atom. The zero-order valence-corrected chi connectivity index (χ0v) is 14.4. The van der Waals surface area contributed by atoms with Gasteiger partial charge in [-0.05, 0) is 52.6 Å². The maximum Gasteiger partial charge on any atom is 0.410 e. The van der Waals surface area contributed by atoms with Gasteiger partial charge in [-0.2, -0.15) is 0 Å². The predicted molar refractivity (Wildman–Crippen MR) is 88.7 cm³/mol. The minimum atomic E-state index is -0.502. The lowest BCUT2D eigenvalue weighted by atomic mass is 9.86. The molecule has 2 rings (SSSR count). The SMILES string of the molecule is CNC(c1ccccc1F)C1CCCN(C(=O)OC(C)(C)C)C1. The fourth-order valence-electron chi connectivity index (χ4n) is 3.15. The van der Waals surface area contributed by atoms with Gasteiger partial charge in [0.2, 0.25) is 0 Å². The van der Waals surface area contributed by atoms with Crippen molar-refractivity contribution in [2.45, 2.75) is 45.3 Å². The van der Waals surface area contributed by atoms with Crippen molar-refractivity contribution in [3.05, 3.63) is 35.6 Å². The van der Waals surface area contributed by atoms with E-state index in [1.54, 1.807) is 11.0 Å². The van der Waals surface area contributed by atoms with Crippen molar-refractivity contribution in [2.24, 2.45) is 5.92 Å². The molecule has 1 heterocycles. The molecule has 23 heavy (non-hydrogen) atoms. The third-order valence-corrected chi connectivity index (χ3v) is 4.13. The summed E-state index contributed by atoms with van der Waals surface area (Å²) in [6.45, 7) is 6.86. The lowest BCUT2D eigenvalue weighted by molar-refractivity contribution is 0.0144. The first kappa shape index (κ1) is 17.7. The molecule has 0 spiro atoms. The Balaban J connectivity index is 2.10. The predicted octanol–water partition coefficient (Wildman–Crippen LogP) is 3.73. The number of ether oxygens (including phenoxy) is 1. The number of carbonyl (C=O) groups is 1. The minimum Gasteiger partial charge on any atom is -0.444 e. The largest absolute Gasteiger partial charge is 0.444 e. The number of nitrogens with one attached hydrogen (secondary N) is 1. The quantitative estimate of drug-likeness (QED) is 0.922. The summed E-state index contributed by atoms with van der Waals surface area (Å²) in [6.07, 6.45) is 1.57. The van der Waals surface area contributed by atoms with Gasteiger partial charge < -0.3 is 15.0 Å². The highest BCUT2D eigenvalue weighted by atomic mass is 19.1. The smallest absolute Gasteiger partial charge is 0.410 e. The second-order valence-electron chi connectivity index (χ2n) is 7.12. The molecule has 0 radical (unpaired) electrons. The maximum absolute atomic E-state index is 14.1. The Morgan fingerprint density at radius 1 is 1.39 bits per heavy atom. The Kier molecular flexibility index (Phi) is 5.63. The number of halogens is 1. The average Bonchev–Trinajstić information content (AvgIpc) is 2.48. The average molecular weight is 322 g/mol. The third kappa shape index (κ3) is 4.67. The summed E-state index contributed by atoms with van der Waals surface area (Å²) in [5, 5.41) is 3.22. The summed E-state index contributed by atoms with van der Waals surface area (Å²) in [5.41, 5.74) is 0.156. The van der Waals surface area contributed by atoms with Crippen molar-refractivity contribution in [3.8, 4) is 0 Å². The summed E-state index contributed by atoms with van der Waals surface area (Å²) < 4.78 is 19.6. The number of hydrogen-bond acceptors (Lipinski definition) is 3. The van der Waals surface area contributed by atoms with Crippen LogP contribution in [0.15, 0.2) is 24.3 Å². The van der Waals surface area contributed by atoms with Crippen LogP contribution >= 0.6 is 0 Å². The van der Waals surface area contributed by atoms with Crippen molar-refractivity contribution in [3.63, 3.8) is 0 Å². The molecule has 1 aromatic carbocycles. The second kappa shape index (κ2) is 7.30. The van der Waals surface area contributed by atoms with Gasteiger partial charge in [-0.1, -0.05) is 18.2 Å². The van der Waals surface area contributed by atoms with Gasteiger partial charge in [0.15, 0.2) is 0 Å². The van der Waals surface area contributed by atoms with E-state index in [0.29, 0.717) is 18.7 Å². The van der Waals surface area contributed by atoms with Crippen LogP contribution in [0.25, 0.3) is 0 Å². The molecule has 1 aromatic rings. The van der Waals surface area contributed by atoms with Crippen molar-refractivity contribution in [1.82, 2.24) is 10.2 Å². The van der Waals surface area contributed by atoms with Gasteiger partial charge in [0.05, 0.1) is 0 Å². The van der Waals surface area contributed by atoms with Gasteiger partial charge in [-0.25, -0.2) is 9.18 Å². The summed E-state index contributed by atoms with van der Waals surface area (Å²) in [5.74, 6) is -0.0422. The molecule has 0 saturated carbocycles. The Labute approximate surface area is 138 Å². The highest BCUT2D eigenvalue weighted by Gasteiger charge is 2.32. The minimum absolute atomic E-state index is 0.110. The molecule has 1 saturated heterocycles. The number of piperidine rings is 1. The molecule has 0 aromatic heterocycles. The monoisotopic (exact) mass is 322 g/mol. The van der Waals surface area contributed by atoms with Gasteiger partial charge in [0.25, 0.3) is 0 Å². The van der Waals surface area contributed by atoms with Crippen LogP contribution in [0.5, 0.6) is 0 Å². The standard InChI is InChI=1S/C18H27FN2O2/c1-18(2,3)23-17(22)21-11-7-8-13(12-21)16(20-4)14-9-5-6-10-15(14)19/h5-6,9-10,13,16,20H,7-8,11-12H2,1-4H3. The molecule has 0 aliphatic carbocycles. The van der Waals surface area contributed by atoms with Crippen molar-refractivity contribution in [1.29, 1.82) is 0 Å². The van der Waals surface area contributed by atoms with E-state index < -0.39 is 5.60 Å². The zero-order valence-electron chi connectivity index (χ0n) is 14.4. The number of rotatable bonds is 3. The number of nitrogens with zero attached hydrogens (tertiary/aromatic N) is 1. The Bertz CT molecular complexity index is 542. The fraction of sp³-hybridized carbons (Fsp3) is 0.611. The normalized spacial score (nSPS) is 20.2. The number of hydrogen-bond donors (Lipinski definition) is 1. The van der Waals surface area contributed by atoms with E-state index in [0.717, 1.165) is 12.8 Å². The summed E-state index contributed by atoms with van der Waals surface area (Å²) in [4.78, 5) is 14.0.